The molecule has 4 nitrogen and oxygen atoms in total. The van der Waals surface area contributed by atoms with Gasteiger partial charge in [0.25, 0.3) is 0 Å². The van der Waals surface area contributed by atoms with Crippen molar-refractivity contribution in [2.75, 3.05) is 14.2 Å². The minimum absolute atomic E-state index is 0.0497. The molecule has 0 saturated heterocycles. The van der Waals surface area contributed by atoms with E-state index >= 15 is 0 Å². The summed E-state index contributed by atoms with van der Waals surface area (Å²) in [7, 11) is 3.19. The molecule has 1 unspecified atom stereocenters. The van der Waals surface area contributed by atoms with Gasteiger partial charge in [-0.25, -0.2) is 0 Å². The zero-order valence-corrected chi connectivity index (χ0v) is 14.9. The van der Waals surface area contributed by atoms with Gasteiger partial charge in [0.05, 0.1) is 26.7 Å². The molecule has 0 spiro atoms. The summed E-state index contributed by atoms with van der Waals surface area (Å²) >= 11 is 5.92. The predicted molar refractivity (Wildman–Crippen MR) is 95.9 cm³/mol. The Morgan fingerprint density at radius 1 is 1.12 bits per heavy atom. The van der Waals surface area contributed by atoms with Gasteiger partial charge in [-0.15, -0.1) is 0 Å². The molecule has 0 aromatic heterocycles. The van der Waals surface area contributed by atoms with Crippen molar-refractivity contribution in [3.05, 3.63) is 58.6 Å². The van der Waals surface area contributed by atoms with Crippen molar-refractivity contribution in [3.8, 4) is 11.5 Å². The van der Waals surface area contributed by atoms with Gasteiger partial charge in [0.2, 0.25) is 5.91 Å². The molecule has 1 N–H and O–H groups in total. The molecule has 0 aliphatic carbocycles. The van der Waals surface area contributed by atoms with E-state index in [0.29, 0.717) is 16.5 Å². The standard InChI is InChI=1S/C19H22ClNO3/c1-4-17(13-5-7-15(20)8-6-13)21-19(22)12-14-11-16(23-2)9-10-18(14)24-3/h5-11,17H,4,12H2,1-3H3,(H,21,22). The first-order valence-corrected chi connectivity index (χ1v) is 8.21. The third kappa shape index (κ3) is 4.65. The lowest BCUT2D eigenvalue weighted by molar-refractivity contribution is -0.121. The number of amides is 1. The third-order valence-electron chi connectivity index (χ3n) is 3.85. The zero-order valence-electron chi connectivity index (χ0n) is 14.1. The fraction of sp³-hybridized carbons (Fsp3) is 0.316. The molecular weight excluding hydrogens is 326 g/mol. The molecule has 2 aromatic carbocycles. The van der Waals surface area contributed by atoms with Crippen molar-refractivity contribution in [2.45, 2.75) is 25.8 Å². The van der Waals surface area contributed by atoms with E-state index in [2.05, 4.69) is 5.32 Å². The normalized spacial score (nSPS) is 11.7. The summed E-state index contributed by atoms with van der Waals surface area (Å²) < 4.78 is 10.5. The summed E-state index contributed by atoms with van der Waals surface area (Å²) in [6.45, 7) is 2.03. The largest absolute Gasteiger partial charge is 0.497 e. The van der Waals surface area contributed by atoms with Crippen molar-refractivity contribution >= 4 is 17.5 Å². The van der Waals surface area contributed by atoms with E-state index < -0.39 is 0 Å². The van der Waals surface area contributed by atoms with Crippen LogP contribution in [-0.4, -0.2) is 20.1 Å². The van der Waals surface area contributed by atoms with Gasteiger partial charge in [-0.1, -0.05) is 30.7 Å². The van der Waals surface area contributed by atoms with Gasteiger partial charge < -0.3 is 14.8 Å². The maximum atomic E-state index is 12.5. The Morgan fingerprint density at radius 3 is 2.42 bits per heavy atom. The zero-order chi connectivity index (χ0) is 17.5. The molecule has 1 amide bonds. The van der Waals surface area contributed by atoms with Crippen LogP contribution in [0, 0.1) is 0 Å². The van der Waals surface area contributed by atoms with Crippen LogP contribution in [0.2, 0.25) is 5.02 Å². The highest BCUT2D eigenvalue weighted by molar-refractivity contribution is 6.30. The van der Waals surface area contributed by atoms with Crippen LogP contribution in [0.25, 0.3) is 0 Å². The Labute approximate surface area is 147 Å². The number of ether oxygens (including phenoxy) is 2. The number of hydrogen-bond acceptors (Lipinski definition) is 3. The van der Waals surface area contributed by atoms with E-state index in [4.69, 9.17) is 21.1 Å². The average molecular weight is 348 g/mol. The number of benzene rings is 2. The van der Waals surface area contributed by atoms with E-state index in [1.807, 2.05) is 43.3 Å². The van der Waals surface area contributed by atoms with Crippen molar-refractivity contribution in [2.24, 2.45) is 0 Å². The molecule has 0 bridgehead atoms. The van der Waals surface area contributed by atoms with Gasteiger partial charge >= 0.3 is 0 Å². The summed E-state index contributed by atoms with van der Waals surface area (Å²) in [5.74, 6) is 1.30. The molecule has 0 fully saturated rings. The first-order chi connectivity index (χ1) is 11.6. The number of rotatable bonds is 7. The van der Waals surface area contributed by atoms with E-state index in [0.717, 1.165) is 17.5 Å². The fourth-order valence-corrected chi connectivity index (χ4v) is 2.68. The summed E-state index contributed by atoms with van der Waals surface area (Å²) in [5, 5.41) is 3.74. The molecule has 0 saturated carbocycles. The van der Waals surface area contributed by atoms with Gasteiger partial charge in [0.15, 0.2) is 0 Å². The first-order valence-electron chi connectivity index (χ1n) is 7.83. The molecular formula is C19H22ClNO3. The second-order valence-electron chi connectivity index (χ2n) is 5.43. The molecule has 0 aliphatic heterocycles. The fourth-order valence-electron chi connectivity index (χ4n) is 2.55. The van der Waals surface area contributed by atoms with Crippen LogP contribution in [0.15, 0.2) is 42.5 Å². The second-order valence-corrected chi connectivity index (χ2v) is 5.87. The number of carbonyl (C=O) groups is 1. The van der Waals surface area contributed by atoms with E-state index in [9.17, 15) is 4.79 Å². The Morgan fingerprint density at radius 2 is 1.83 bits per heavy atom. The number of carbonyl (C=O) groups excluding carboxylic acids is 1. The van der Waals surface area contributed by atoms with Crippen LogP contribution in [0.4, 0.5) is 0 Å². The third-order valence-corrected chi connectivity index (χ3v) is 4.11. The molecule has 0 radical (unpaired) electrons. The number of nitrogens with one attached hydrogen (secondary N) is 1. The Bertz CT molecular complexity index is 686. The Balaban J connectivity index is 2.10. The van der Waals surface area contributed by atoms with Crippen LogP contribution in [0.5, 0.6) is 11.5 Å². The van der Waals surface area contributed by atoms with Gasteiger partial charge in [0.1, 0.15) is 11.5 Å². The Hall–Kier alpha value is -2.20. The quantitative estimate of drug-likeness (QED) is 0.817. The molecule has 1 atom stereocenters. The van der Waals surface area contributed by atoms with E-state index in [1.165, 1.54) is 0 Å². The number of hydrogen-bond donors (Lipinski definition) is 1. The monoisotopic (exact) mass is 347 g/mol. The maximum absolute atomic E-state index is 12.5. The average Bonchev–Trinajstić information content (AvgIpc) is 2.60. The van der Waals surface area contributed by atoms with Gasteiger partial charge in [-0.2, -0.15) is 0 Å². The van der Waals surface area contributed by atoms with Gasteiger partial charge in [0, 0.05) is 10.6 Å². The summed E-state index contributed by atoms with van der Waals surface area (Å²) in [5.41, 5.74) is 1.83. The van der Waals surface area contributed by atoms with Crippen LogP contribution in [-0.2, 0) is 11.2 Å². The molecule has 2 aromatic rings. The topological polar surface area (TPSA) is 47.6 Å². The lowest BCUT2D eigenvalue weighted by Gasteiger charge is -2.18. The minimum Gasteiger partial charge on any atom is -0.497 e. The van der Waals surface area contributed by atoms with Crippen LogP contribution in [0.1, 0.15) is 30.5 Å². The first kappa shape index (κ1) is 18.1. The summed E-state index contributed by atoms with van der Waals surface area (Å²) in [6.07, 6.45) is 1.02. The van der Waals surface area contributed by atoms with Crippen molar-refractivity contribution in [1.82, 2.24) is 5.32 Å². The second kappa shape index (κ2) is 8.60. The van der Waals surface area contributed by atoms with Crippen LogP contribution in [0.3, 0.4) is 0 Å². The minimum atomic E-state index is -0.0663. The Kier molecular flexibility index (Phi) is 6.50. The van der Waals surface area contributed by atoms with Crippen LogP contribution < -0.4 is 14.8 Å². The van der Waals surface area contributed by atoms with Crippen molar-refractivity contribution in [1.29, 1.82) is 0 Å². The van der Waals surface area contributed by atoms with Crippen LogP contribution >= 0.6 is 11.6 Å². The van der Waals surface area contributed by atoms with E-state index in [-0.39, 0.29) is 18.4 Å². The highest BCUT2D eigenvalue weighted by atomic mass is 35.5. The number of methoxy groups -OCH3 is 2. The molecule has 2 rings (SSSR count). The molecule has 128 valence electrons. The SMILES string of the molecule is CCC(NC(=O)Cc1cc(OC)ccc1OC)c1ccc(Cl)cc1. The van der Waals surface area contributed by atoms with Gasteiger partial charge in [-0.3, -0.25) is 4.79 Å². The molecule has 5 heteroatoms. The van der Waals surface area contributed by atoms with Crippen molar-refractivity contribution < 1.29 is 14.3 Å². The molecule has 0 aliphatic rings. The smallest absolute Gasteiger partial charge is 0.225 e. The molecule has 24 heavy (non-hydrogen) atoms. The number of halogens is 1. The predicted octanol–water partition coefficient (Wildman–Crippen LogP) is 4.17. The maximum Gasteiger partial charge on any atom is 0.225 e. The highest BCUT2D eigenvalue weighted by Crippen LogP contribution is 2.25. The highest BCUT2D eigenvalue weighted by Gasteiger charge is 2.15. The van der Waals surface area contributed by atoms with Gasteiger partial charge in [-0.05, 0) is 42.3 Å². The molecule has 0 heterocycles. The lowest BCUT2D eigenvalue weighted by Crippen LogP contribution is -2.29. The lowest BCUT2D eigenvalue weighted by atomic mass is 10.0. The summed E-state index contributed by atoms with van der Waals surface area (Å²) in [4.78, 5) is 12.5. The van der Waals surface area contributed by atoms with E-state index in [1.54, 1.807) is 20.3 Å². The van der Waals surface area contributed by atoms with Crippen molar-refractivity contribution in [3.63, 3.8) is 0 Å². The summed E-state index contributed by atoms with van der Waals surface area (Å²) in [6, 6.07) is 12.9.